The Morgan fingerprint density at radius 1 is 1.00 bits per heavy atom. The number of amides is 1. The fraction of sp³-hybridized carbons (Fsp3) is 0.192. The lowest BCUT2D eigenvalue weighted by Crippen LogP contribution is -2.31. The predicted molar refractivity (Wildman–Crippen MR) is 129 cm³/mol. The van der Waals surface area contributed by atoms with Crippen LogP contribution >= 0.6 is 11.6 Å². The van der Waals surface area contributed by atoms with Gasteiger partial charge in [0.1, 0.15) is 5.82 Å². The number of carbonyl (C=O) groups excluding carboxylic acids is 1. The fourth-order valence-corrected chi connectivity index (χ4v) is 4.25. The van der Waals surface area contributed by atoms with Gasteiger partial charge in [-0.05, 0) is 40.8 Å². The summed E-state index contributed by atoms with van der Waals surface area (Å²) in [6.07, 6.45) is 6.16. The standard InChI is InChI=1S/C26H24ClN5O/c27-24-8-4-3-7-22(24)17-32-18-23(15-30-32)26(33)29-14-19-9-10-25(28-13-19)31-12-11-20-5-1-2-6-21(20)16-31/h1-10,13,15,18H,11-12,14,16-17H2,(H,29,33). The van der Waals surface area contributed by atoms with Gasteiger partial charge in [-0.25, -0.2) is 4.98 Å². The third-order valence-electron chi connectivity index (χ3n) is 5.90. The van der Waals surface area contributed by atoms with E-state index in [1.54, 1.807) is 17.1 Å². The first-order valence-corrected chi connectivity index (χ1v) is 11.3. The Morgan fingerprint density at radius 2 is 1.82 bits per heavy atom. The first kappa shape index (κ1) is 21.2. The minimum absolute atomic E-state index is 0.169. The van der Waals surface area contributed by atoms with E-state index in [1.165, 1.54) is 11.1 Å². The van der Waals surface area contributed by atoms with Crippen molar-refractivity contribution in [2.75, 3.05) is 11.4 Å². The third-order valence-corrected chi connectivity index (χ3v) is 6.27. The molecule has 1 N–H and O–H groups in total. The highest BCUT2D eigenvalue weighted by molar-refractivity contribution is 6.31. The zero-order valence-corrected chi connectivity index (χ0v) is 18.9. The Morgan fingerprint density at radius 3 is 2.64 bits per heavy atom. The van der Waals surface area contributed by atoms with E-state index in [2.05, 4.69) is 44.6 Å². The zero-order valence-electron chi connectivity index (χ0n) is 18.1. The van der Waals surface area contributed by atoms with Crippen LogP contribution in [0.5, 0.6) is 0 Å². The molecule has 166 valence electrons. The number of nitrogens with zero attached hydrogens (tertiary/aromatic N) is 4. The molecule has 1 aliphatic rings. The van der Waals surface area contributed by atoms with Crippen LogP contribution in [0.1, 0.15) is 32.6 Å². The van der Waals surface area contributed by atoms with Crippen LogP contribution in [-0.4, -0.2) is 27.2 Å². The number of aromatic nitrogens is 3. The molecule has 0 atom stereocenters. The van der Waals surface area contributed by atoms with E-state index in [1.807, 2.05) is 42.6 Å². The summed E-state index contributed by atoms with van der Waals surface area (Å²) in [7, 11) is 0. The summed E-state index contributed by atoms with van der Waals surface area (Å²) in [5.41, 5.74) is 5.20. The maximum atomic E-state index is 12.6. The molecule has 2 aromatic heterocycles. The Kier molecular flexibility index (Phi) is 6.09. The summed E-state index contributed by atoms with van der Waals surface area (Å²) in [6.45, 7) is 2.75. The first-order valence-electron chi connectivity index (χ1n) is 11.0. The largest absolute Gasteiger partial charge is 0.352 e. The normalized spacial score (nSPS) is 12.9. The number of hydrogen-bond donors (Lipinski definition) is 1. The number of pyridine rings is 1. The van der Waals surface area contributed by atoms with Gasteiger partial charge >= 0.3 is 0 Å². The van der Waals surface area contributed by atoms with Gasteiger partial charge < -0.3 is 10.2 Å². The summed E-state index contributed by atoms with van der Waals surface area (Å²) in [5.74, 6) is 0.789. The summed E-state index contributed by atoms with van der Waals surface area (Å²) in [4.78, 5) is 19.5. The Bertz CT molecular complexity index is 1270. The quantitative estimate of drug-likeness (QED) is 0.464. The molecule has 2 aromatic carbocycles. The van der Waals surface area contributed by atoms with Crippen LogP contribution in [0.15, 0.2) is 79.3 Å². The average molecular weight is 458 g/mol. The monoisotopic (exact) mass is 457 g/mol. The van der Waals surface area contributed by atoms with Crippen LogP contribution in [0, 0.1) is 0 Å². The van der Waals surface area contributed by atoms with Gasteiger partial charge in [0.2, 0.25) is 0 Å². The van der Waals surface area contributed by atoms with E-state index in [9.17, 15) is 4.79 Å². The molecule has 0 fully saturated rings. The van der Waals surface area contributed by atoms with Gasteiger partial charge in [0, 0.05) is 37.1 Å². The number of carbonyl (C=O) groups is 1. The van der Waals surface area contributed by atoms with Gasteiger partial charge in [-0.15, -0.1) is 0 Å². The lowest BCUT2D eigenvalue weighted by molar-refractivity contribution is 0.0951. The predicted octanol–water partition coefficient (Wildman–Crippen LogP) is 4.47. The van der Waals surface area contributed by atoms with Crippen LogP contribution in [0.3, 0.4) is 0 Å². The molecule has 33 heavy (non-hydrogen) atoms. The Labute approximate surface area is 197 Å². The first-order chi connectivity index (χ1) is 16.2. The number of benzene rings is 2. The topological polar surface area (TPSA) is 63.1 Å². The van der Waals surface area contributed by atoms with E-state index >= 15 is 0 Å². The van der Waals surface area contributed by atoms with Crippen LogP contribution in [0.4, 0.5) is 5.82 Å². The molecule has 4 aromatic rings. The van der Waals surface area contributed by atoms with Crippen molar-refractivity contribution in [1.82, 2.24) is 20.1 Å². The highest BCUT2D eigenvalue weighted by atomic mass is 35.5. The summed E-state index contributed by atoms with van der Waals surface area (Å²) in [5, 5.41) is 7.92. The fourth-order valence-electron chi connectivity index (χ4n) is 4.05. The zero-order chi connectivity index (χ0) is 22.6. The second-order valence-corrected chi connectivity index (χ2v) is 8.57. The van der Waals surface area contributed by atoms with E-state index in [4.69, 9.17) is 11.6 Å². The van der Waals surface area contributed by atoms with Gasteiger partial charge in [-0.3, -0.25) is 9.48 Å². The Hall–Kier alpha value is -3.64. The summed E-state index contributed by atoms with van der Waals surface area (Å²) < 4.78 is 1.71. The molecule has 1 aliphatic heterocycles. The SMILES string of the molecule is O=C(NCc1ccc(N2CCc3ccccc3C2)nc1)c1cnn(Cc2ccccc2Cl)c1. The molecule has 0 spiro atoms. The van der Waals surface area contributed by atoms with Crippen LogP contribution < -0.4 is 10.2 Å². The van der Waals surface area contributed by atoms with Gasteiger partial charge in [0.15, 0.2) is 0 Å². The number of halogens is 1. The minimum atomic E-state index is -0.169. The van der Waals surface area contributed by atoms with Gasteiger partial charge in [-0.1, -0.05) is 60.1 Å². The molecule has 0 radical (unpaired) electrons. The lowest BCUT2D eigenvalue weighted by atomic mass is 10.00. The summed E-state index contributed by atoms with van der Waals surface area (Å²) >= 11 is 6.21. The third kappa shape index (κ3) is 4.91. The number of nitrogens with one attached hydrogen (secondary N) is 1. The van der Waals surface area contributed by atoms with Crippen molar-refractivity contribution in [1.29, 1.82) is 0 Å². The van der Waals surface area contributed by atoms with Crippen molar-refractivity contribution in [2.45, 2.75) is 26.1 Å². The van der Waals surface area contributed by atoms with Crippen molar-refractivity contribution in [3.63, 3.8) is 0 Å². The highest BCUT2D eigenvalue weighted by Crippen LogP contribution is 2.23. The maximum Gasteiger partial charge on any atom is 0.254 e. The second kappa shape index (κ2) is 9.46. The molecule has 0 saturated carbocycles. The van der Waals surface area contributed by atoms with Crippen LogP contribution in [0.25, 0.3) is 0 Å². The molecule has 1 amide bonds. The van der Waals surface area contributed by atoms with E-state index < -0.39 is 0 Å². The molecule has 3 heterocycles. The van der Waals surface area contributed by atoms with Crippen LogP contribution in [0.2, 0.25) is 5.02 Å². The lowest BCUT2D eigenvalue weighted by Gasteiger charge is -2.29. The molecule has 0 bridgehead atoms. The molecule has 0 aliphatic carbocycles. The maximum absolute atomic E-state index is 12.6. The molecular formula is C26H24ClN5O. The van der Waals surface area contributed by atoms with Gasteiger partial charge in [0.05, 0.1) is 18.3 Å². The van der Waals surface area contributed by atoms with Crippen molar-refractivity contribution >= 4 is 23.3 Å². The number of hydrogen-bond acceptors (Lipinski definition) is 4. The molecular weight excluding hydrogens is 434 g/mol. The molecule has 0 saturated heterocycles. The molecule has 5 rings (SSSR count). The summed E-state index contributed by atoms with van der Waals surface area (Å²) in [6, 6.07) is 20.2. The van der Waals surface area contributed by atoms with Crippen molar-refractivity contribution in [3.05, 3.63) is 112 Å². The second-order valence-electron chi connectivity index (χ2n) is 8.17. The van der Waals surface area contributed by atoms with Crippen molar-refractivity contribution in [3.8, 4) is 0 Å². The van der Waals surface area contributed by atoms with Crippen molar-refractivity contribution in [2.24, 2.45) is 0 Å². The Balaban J connectivity index is 1.16. The number of rotatable bonds is 6. The van der Waals surface area contributed by atoms with Gasteiger partial charge in [-0.2, -0.15) is 5.10 Å². The smallest absolute Gasteiger partial charge is 0.254 e. The number of anilines is 1. The van der Waals surface area contributed by atoms with E-state index in [0.717, 1.165) is 36.5 Å². The molecule has 6 nitrogen and oxygen atoms in total. The minimum Gasteiger partial charge on any atom is -0.352 e. The highest BCUT2D eigenvalue weighted by Gasteiger charge is 2.17. The van der Waals surface area contributed by atoms with Crippen molar-refractivity contribution < 1.29 is 4.79 Å². The molecule has 0 unspecified atom stereocenters. The van der Waals surface area contributed by atoms with Gasteiger partial charge in [0.25, 0.3) is 5.91 Å². The molecule has 7 heteroatoms. The van der Waals surface area contributed by atoms with E-state index in [0.29, 0.717) is 23.7 Å². The van der Waals surface area contributed by atoms with E-state index in [-0.39, 0.29) is 5.91 Å². The average Bonchev–Trinajstić information content (AvgIpc) is 3.33. The van der Waals surface area contributed by atoms with Crippen LogP contribution in [-0.2, 0) is 26.1 Å². The number of fused-ring (bicyclic) bond motifs is 1.